The molecule has 0 aliphatic carbocycles. The Morgan fingerprint density at radius 2 is 2.17 bits per heavy atom. The van der Waals surface area contributed by atoms with Gasteiger partial charge < -0.3 is 5.11 Å². The molecule has 0 spiro atoms. The molecule has 100 valence electrons. The van der Waals surface area contributed by atoms with Gasteiger partial charge >= 0.3 is 0 Å². The lowest BCUT2D eigenvalue weighted by Gasteiger charge is -2.49. The first-order valence-electron chi connectivity index (χ1n) is 6.79. The molecule has 3 aliphatic heterocycles. The van der Waals surface area contributed by atoms with E-state index in [-0.39, 0.29) is 12.1 Å². The van der Waals surface area contributed by atoms with Crippen molar-refractivity contribution in [3.05, 3.63) is 12.2 Å². The van der Waals surface area contributed by atoms with Crippen LogP contribution in [0.2, 0.25) is 0 Å². The zero-order chi connectivity index (χ0) is 12.5. The van der Waals surface area contributed by atoms with Crippen molar-refractivity contribution in [2.24, 2.45) is 0 Å². The first kappa shape index (κ1) is 12.1. The van der Waals surface area contributed by atoms with Gasteiger partial charge in [0.25, 0.3) is 0 Å². The average molecular weight is 251 g/mol. The minimum atomic E-state index is -0.345. The molecule has 1 aromatic heterocycles. The van der Waals surface area contributed by atoms with Gasteiger partial charge in [0.15, 0.2) is 0 Å². The van der Waals surface area contributed by atoms with Gasteiger partial charge in [0, 0.05) is 51.7 Å². The molecule has 0 radical (unpaired) electrons. The van der Waals surface area contributed by atoms with Crippen molar-refractivity contribution in [2.45, 2.75) is 32.0 Å². The van der Waals surface area contributed by atoms with E-state index < -0.39 is 0 Å². The van der Waals surface area contributed by atoms with E-state index in [2.05, 4.69) is 19.9 Å². The number of rotatable bonds is 4. The van der Waals surface area contributed by atoms with Crippen molar-refractivity contribution in [3.63, 3.8) is 0 Å². The van der Waals surface area contributed by atoms with Gasteiger partial charge in [0.05, 0.1) is 6.10 Å². The summed E-state index contributed by atoms with van der Waals surface area (Å²) in [6, 6.07) is 0.259. The molecule has 1 aromatic rings. The van der Waals surface area contributed by atoms with Crippen LogP contribution in [0.5, 0.6) is 0 Å². The molecule has 6 heteroatoms. The fraction of sp³-hybridized carbons (Fsp3) is 0.833. The predicted molar refractivity (Wildman–Crippen MR) is 67.2 cm³/mol. The Balaban J connectivity index is 1.66. The van der Waals surface area contributed by atoms with E-state index in [9.17, 15) is 5.11 Å². The SMILES string of the molecule is CCn1ncnc1CC(O)C1CN2CCN1CC2. The van der Waals surface area contributed by atoms with Crippen LogP contribution in [0.25, 0.3) is 0 Å². The monoisotopic (exact) mass is 251 g/mol. The molecule has 4 rings (SSSR count). The van der Waals surface area contributed by atoms with Crippen LogP contribution in [0, 0.1) is 0 Å². The van der Waals surface area contributed by atoms with Crippen molar-refractivity contribution in [1.82, 2.24) is 24.6 Å². The zero-order valence-corrected chi connectivity index (χ0v) is 10.9. The Bertz CT molecular complexity index is 399. The third-order valence-corrected chi connectivity index (χ3v) is 4.15. The van der Waals surface area contributed by atoms with Crippen LogP contribution in [-0.2, 0) is 13.0 Å². The van der Waals surface area contributed by atoms with Gasteiger partial charge in [-0.2, -0.15) is 5.10 Å². The van der Waals surface area contributed by atoms with Gasteiger partial charge in [-0.1, -0.05) is 0 Å². The predicted octanol–water partition coefficient (Wildman–Crippen LogP) is -0.799. The summed E-state index contributed by atoms with van der Waals surface area (Å²) in [5.74, 6) is 0.891. The molecule has 2 bridgehead atoms. The second-order valence-electron chi connectivity index (χ2n) is 5.17. The Kier molecular flexibility index (Phi) is 3.32. The molecule has 3 aliphatic rings. The van der Waals surface area contributed by atoms with E-state index in [0.29, 0.717) is 6.42 Å². The maximum atomic E-state index is 10.4. The standard InChI is InChI=1S/C12H21N5O/c1-2-17-12(13-9-14-17)7-11(18)10-8-15-3-5-16(10)6-4-15/h9-11,18H,2-8H2,1H3. The minimum Gasteiger partial charge on any atom is -0.391 e. The molecule has 6 nitrogen and oxygen atoms in total. The normalized spacial score (nSPS) is 32.7. The highest BCUT2D eigenvalue weighted by atomic mass is 16.3. The molecule has 3 saturated heterocycles. The summed E-state index contributed by atoms with van der Waals surface area (Å²) in [6.45, 7) is 8.30. The molecule has 0 aromatic carbocycles. The fourth-order valence-electron chi connectivity index (χ4n) is 3.06. The van der Waals surface area contributed by atoms with E-state index in [0.717, 1.165) is 45.1 Å². The number of aryl methyl sites for hydroxylation is 1. The highest BCUT2D eigenvalue weighted by Crippen LogP contribution is 2.19. The molecule has 2 unspecified atom stereocenters. The van der Waals surface area contributed by atoms with E-state index >= 15 is 0 Å². The molecule has 3 fully saturated rings. The zero-order valence-electron chi connectivity index (χ0n) is 10.9. The van der Waals surface area contributed by atoms with Gasteiger partial charge in [-0.15, -0.1) is 0 Å². The smallest absolute Gasteiger partial charge is 0.138 e. The Labute approximate surface area is 107 Å². The highest BCUT2D eigenvalue weighted by molar-refractivity contribution is 4.97. The maximum Gasteiger partial charge on any atom is 0.138 e. The Hall–Kier alpha value is -0.980. The summed E-state index contributed by atoms with van der Waals surface area (Å²) in [5, 5.41) is 14.6. The van der Waals surface area contributed by atoms with E-state index in [1.165, 1.54) is 0 Å². The highest BCUT2D eigenvalue weighted by Gasteiger charge is 2.36. The Morgan fingerprint density at radius 1 is 1.39 bits per heavy atom. The van der Waals surface area contributed by atoms with Crippen LogP contribution in [0.4, 0.5) is 0 Å². The number of hydrogen-bond acceptors (Lipinski definition) is 5. The summed E-state index contributed by atoms with van der Waals surface area (Å²) in [6.07, 6.45) is 1.83. The number of aliphatic hydroxyl groups is 1. The van der Waals surface area contributed by atoms with Crippen molar-refractivity contribution in [3.8, 4) is 0 Å². The molecule has 1 N–H and O–H groups in total. The molecule has 0 saturated carbocycles. The lowest BCUT2D eigenvalue weighted by Crippen LogP contribution is -2.64. The van der Waals surface area contributed by atoms with Gasteiger partial charge in [0.2, 0.25) is 0 Å². The largest absolute Gasteiger partial charge is 0.391 e. The number of aromatic nitrogens is 3. The maximum absolute atomic E-state index is 10.4. The average Bonchev–Trinajstić information content (AvgIpc) is 2.87. The molecule has 4 heterocycles. The van der Waals surface area contributed by atoms with E-state index in [1.807, 2.05) is 11.6 Å². The summed E-state index contributed by atoms with van der Waals surface area (Å²) in [7, 11) is 0. The number of piperazine rings is 3. The second kappa shape index (κ2) is 4.95. The van der Waals surface area contributed by atoms with Crippen LogP contribution in [-0.4, -0.2) is 74.5 Å². The van der Waals surface area contributed by atoms with E-state index in [1.54, 1.807) is 6.33 Å². The van der Waals surface area contributed by atoms with Crippen LogP contribution in [0.3, 0.4) is 0 Å². The van der Waals surface area contributed by atoms with Crippen molar-refractivity contribution >= 4 is 0 Å². The fourth-order valence-corrected chi connectivity index (χ4v) is 3.06. The molecular formula is C12H21N5O. The van der Waals surface area contributed by atoms with Crippen molar-refractivity contribution in [2.75, 3.05) is 32.7 Å². The third-order valence-electron chi connectivity index (χ3n) is 4.15. The number of hydrogen-bond donors (Lipinski definition) is 1. The van der Waals surface area contributed by atoms with Gasteiger partial charge in [-0.05, 0) is 6.92 Å². The van der Waals surface area contributed by atoms with Gasteiger partial charge in [-0.25, -0.2) is 4.98 Å². The minimum absolute atomic E-state index is 0.259. The van der Waals surface area contributed by atoms with Crippen molar-refractivity contribution < 1.29 is 5.11 Å². The lowest BCUT2D eigenvalue weighted by molar-refractivity contribution is -0.0461. The number of nitrogens with zero attached hydrogens (tertiary/aromatic N) is 5. The van der Waals surface area contributed by atoms with E-state index in [4.69, 9.17) is 0 Å². The first-order chi connectivity index (χ1) is 8.78. The summed E-state index contributed by atoms with van der Waals surface area (Å²) < 4.78 is 1.86. The summed E-state index contributed by atoms with van der Waals surface area (Å²) >= 11 is 0. The molecule has 18 heavy (non-hydrogen) atoms. The second-order valence-corrected chi connectivity index (χ2v) is 5.17. The quantitative estimate of drug-likeness (QED) is 0.759. The third kappa shape index (κ3) is 2.15. The van der Waals surface area contributed by atoms with Crippen LogP contribution in [0.15, 0.2) is 6.33 Å². The Morgan fingerprint density at radius 3 is 2.78 bits per heavy atom. The summed E-state index contributed by atoms with van der Waals surface area (Å²) in [5.41, 5.74) is 0. The van der Waals surface area contributed by atoms with Gasteiger partial charge in [0.1, 0.15) is 12.2 Å². The van der Waals surface area contributed by atoms with Crippen LogP contribution >= 0.6 is 0 Å². The molecule has 0 amide bonds. The van der Waals surface area contributed by atoms with Crippen LogP contribution < -0.4 is 0 Å². The first-order valence-corrected chi connectivity index (χ1v) is 6.79. The lowest BCUT2D eigenvalue weighted by atomic mass is 10.00. The van der Waals surface area contributed by atoms with Crippen LogP contribution in [0.1, 0.15) is 12.7 Å². The molecular weight excluding hydrogens is 230 g/mol. The number of aliphatic hydroxyl groups excluding tert-OH is 1. The topological polar surface area (TPSA) is 57.4 Å². The van der Waals surface area contributed by atoms with Gasteiger partial charge in [-0.3, -0.25) is 14.5 Å². The summed E-state index contributed by atoms with van der Waals surface area (Å²) in [4.78, 5) is 9.10. The molecule has 2 atom stereocenters. The number of fused-ring (bicyclic) bond motifs is 3. The van der Waals surface area contributed by atoms with Crippen molar-refractivity contribution in [1.29, 1.82) is 0 Å².